The van der Waals surface area contributed by atoms with Crippen LogP contribution >= 0.6 is 11.6 Å². The Bertz CT molecular complexity index is 1440. The minimum absolute atomic E-state index is 0.676. The van der Waals surface area contributed by atoms with Crippen LogP contribution in [0.4, 0.5) is 0 Å². The minimum atomic E-state index is 0.676. The second-order valence-corrected chi connectivity index (χ2v) is 8.52. The van der Waals surface area contributed by atoms with Gasteiger partial charge >= 0.3 is 0 Å². The summed E-state index contributed by atoms with van der Waals surface area (Å²) in [6.07, 6.45) is 0. The summed E-state index contributed by atoms with van der Waals surface area (Å²) in [5, 5.41) is 0.676. The molecule has 4 heteroatoms. The Hall–Kier alpha value is -3.95. The van der Waals surface area contributed by atoms with E-state index in [2.05, 4.69) is 41.4 Å². The number of nitrogens with zero attached hydrogens (tertiary/aromatic N) is 2. The van der Waals surface area contributed by atoms with Gasteiger partial charge in [-0.15, -0.1) is 0 Å². The molecule has 166 valence electrons. The molecule has 0 fully saturated rings. The molecular formula is C30H23ClN2O. The van der Waals surface area contributed by atoms with Gasteiger partial charge < -0.3 is 4.74 Å². The highest BCUT2D eigenvalue weighted by molar-refractivity contribution is 6.30. The van der Waals surface area contributed by atoms with Crippen molar-refractivity contribution in [3.8, 4) is 50.6 Å². The molecule has 2 heterocycles. The third-order valence-corrected chi connectivity index (χ3v) is 5.91. The summed E-state index contributed by atoms with van der Waals surface area (Å²) in [6, 6.07) is 34.6. The van der Waals surface area contributed by atoms with Crippen LogP contribution in [0.2, 0.25) is 5.02 Å². The zero-order chi connectivity index (χ0) is 23.5. The molecule has 0 amide bonds. The van der Waals surface area contributed by atoms with Crippen LogP contribution in [0.15, 0.2) is 103 Å². The average molecular weight is 463 g/mol. The van der Waals surface area contributed by atoms with Gasteiger partial charge in [-0.3, -0.25) is 4.98 Å². The molecule has 0 aliphatic rings. The molecule has 34 heavy (non-hydrogen) atoms. The molecule has 5 aromatic rings. The summed E-state index contributed by atoms with van der Waals surface area (Å²) in [4.78, 5) is 9.72. The number of methoxy groups -OCH3 is 1. The number of benzene rings is 3. The summed E-state index contributed by atoms with van der Waals surface area (Å²) < 4.78 is 5.63. The van der Waals surface area contributed by atoms with Crippen LogP contribution < -0.4 is 4.74 Å². The van der Waals surface area contributed by atoms with Gasteiger partial charge in [0, 0.05) is 27.4 Å². The normalized spacial score (nSPS) is 10.8. The largest absolute Gasteiger partial charge is 0.496 e. The summed E-state index contributed by atoms with van der Waals surface area (Å²) >= 11 is 6.30. The zero-order valence-corrected chi connectivity index (χ0v) is 19.8. The van der Waals surface area contributed by atoms with E-state index < -0.39 is 0 Å². The van der Waals surface area contributed by atoms with E-state index in [9.17, 15) is 0 Å². The molecule has 5 rings (SSSR count). The average Bonchev–Trinajstić information content (AvgIpc) is 2.88. The first-order valence-electron chi connectivity index (χ1n) is 11.1. The Labute approximate surface area is 204 Å². The first kappa shape index (κ1) is 21.9. The van der Waals surface area contributed by atoms with Crippen molar-refractivity contribution >= 4 is 11.6 Å². The molecule has 2 aromatic heterocycles. The smallest absolute Gasteiger partial charge is 0.128 e. The summed E-state index contributed by atoms with van der Waals surface area (Å²) in [7, 11) is 1.68. The Balaban J connectivity index is 1.68. The monoisotopic (exact) mass is 462 g/mol. The standard InChI is InChI=1S/C30H23ClN2O/c1-20-15-25(31)19-28(32-20)23-12-8-11-22(16-23)27-17-24(21-9-4-3-5-10-21)18-29(33-27)26-13-6-7-14-30(26)34-2/h3-19H,1-2H3. The number of para-hydroxylation sites is 1. The van der Waals surface area contributed by atoms with Crippen molar-refractivity contribution in [3.63, 3.8) is 0 Å². The third kappa shape index (κ3) is 4.57. The number of ether oxygens (including phenoxy) is 1. The van der Waals surface area contributed by atoms with E-state index in [1.54, 1.807) is 7.11 Å². The van der Waals surface area contributed by atoms with Crippen LogP contribution in [0.1, 0.15) is 5.69 Å². The number of rotatable bonds is 5. The maximum absolute atomic E-state index is 6.30. The van der Waals surface area contributed by atoms with Crippen molar-refractivity contribution in [3.05, 3.63) is 114 Å². The van der Waals surface area contributed by atoms with E-state index in [0.29, 0.717) is 5.02 Å². The summed E-state index contributed by atoms with van der Waals surface area (Å²) in [5.74, 6) is 0.790. The van der Waals surface area contributed by atoms with Crippen LogP contribution in [0.25, 0.3) is 44.9 Å². The molecule has 3 nitrogen and oxygen atoms in total. The van der Waals surface area contributed by atoms with Gasteiger partial charge in [0.1, 0.15) is 5.75 Å². The van der Waals surface area contributed by atoms with Crippen LogP contribution in [0, 0.1) is 6.92 Å². The summed E-state index contributed by atoms with van der Waals surface area (Å²) in [6.45, 7) is 1.95. The zero-order valence-electron chi connectivity index (χ0n) is 19.0. The van der Waals surface area contributed by atoms with Gasteiger partial charge in [0.2, 0.25) is 0 Å². The molecule has 0 aliphatic heterocycles. The van der Waals surface area contributed by atoms with E-state index in [0.717, 1.165) is 56.3 Å². The number of hydrogen-bond acceptors (Lipinski definition) is 3. The van der Waals surface area contributed by atoms with Gasteiger partial charge in [-0.2, -0.15) is 0 Å². The van der Waals surface area contributed by atoms with Crippen molar-refractivity contribution < 1.29 is 4.74 Å². The second kappa shape index (κ2) is 9.50. The third-order valence-electron chi connectivity index (χ3n) is 5.69. The predicted molar refractivity (Wildman–Crippen MR) is 140 cm³/mol. The quantitative estimate of drug-likeness (QED) is 0.264. The highest BCUT2D eigenvalue weighted by Crippen LogP contribution is 2.35. The van der Waals surface area contributed by atoms with Gasteiger partial charge in [-0.05, 0) is 60.5 Å². The van der Waals surface area contributed by atoms with Crippen molar-refractivity contribution in [2.24, 2.45) is 0 Å². The summed E-state index contributed by atoms with van der Waals surface area (Å²) in [5.41, 5.74) is 8.64. The lowest BCUT2D eigenvalue weighted by Gasteiger charge is -2.13. The molecule has 3 aromatic carbocycles. The molecule has 0 saturated carbocycles. The van der Waals surface area contributed by atoms with E-state index >= 15 is 0 Å². The molecule has 0 saturated heterocycles. The van der Waals surface area contributed by atoms with Gasteiger partial charge in [0.05, 0.1) is 24.2 Å². The number of aryl methyl sites for hydroxylation is 1. The number of hydrogen-bond donors (Lipinski definition) is 0. The van der Waals surface area contributed by atoms with Gasteiger partial charge in [0.25, 0.3) is 0 Å². The molecule has 0 unspecified atom stereocenters. The fraction of sp³-hybridized carbons (Fsp3) is 0.0667. The van der Waals surface area contributed by atoms with Crippen molar-refractivity contribution in [2.45, 2.75) is 6.92 Å². The molecule has 0 bridgehead atoms. The van der Waals surface area contributed by atoms with Gasteiger partial charge in [0.15, 0.2) is 0 Å². The van der Waals surface area contributed by atoms with E-state index in [1.807, 2.05) is 73.7 Å². The van der Waals surface area contributed by atoms with Crippen LogP contribution in [-0.4, -0.2) is 17.1 Å². The van der Waals surface area contributed by atoms with Crippen molar-refractivity contribution in [1.82, 2.24) is 9.97 Å². The van der Waals surface area contributed by atoms with Crippen LogP contribution in [0.3, 0.4) is 0 Å². The highest BCUT2D eigenvalue weighted by atomic mass is 35.5. The Morgan fingerprint density at radius 2 is 1.24 bits per heavy atom. The Kier molecular flexibility index (Phi) is 6.11. The Morgan fingerprint density at radius 1 is 0.588 bits per heavy atom. The first-order chi connectivity index (χ1) is 16.6. The van der Waals surface area contributed by atoms with Crippen molar-refractivity contribution in [2.75, 3.05) is 7.11 Å². The molecular weight excluding hydrogens is 440 g/mol. The maximum atomic E-state index is 6.30. The SMILES string of the molecule is COc1ccccc1-c1cc(-c2ccccc2)cc(-c2cccc(-c3cc(Cl)cc(C)n3)c2)n1. The van der Waals surface area contributed by atoms with Crippen LogP contribution in [0.5, 0.6) is 5.75 Å². The molecule has 0 radical (unpaired) electrons. The topological polar surface area (TPSA) is 35.0 Å². The van der Waals surface area contributed by atoms with Gasteiger partial charge in [-0.25, -0.2) is 4.98 Å². The second-order valence-electron chi connectivity index (χ2n) is 8.09. The van der Waals surface area contributed by atoms with E-state index in [4.69, 9.17) is 21.3 Å². The molecule has 0 spiro atoms. The lowest BCUT2D eigenvalue weighted by molar-refractivity contribution is 0.416. The lowest BCUT2D eigenvalue weighted by atomic mass is 9.98. The van der Waals surface area contributed by atoms with Gasteiger partial charge in [-0.1, -0.05) is 72.3 Å². The Morgan fingerprint density at radius 3 is 1.97 bits per heavy atom. The fourth-order valence-corrected chi connectivity index (χ4v) is 4.34. The first-order valence-corrected chi connectivity index (χ1v) is 11.4. The van der Waals surface area contributed by atoms with E-state index in [-0.39, 0.29) is 0 Å². The minimum Gasteiger partial charge on any atom is -0.496 e. The molecule has 0 atom stereocenters. The number of aromatic nitrogens is 2. The highest BCUT2D eigenvalue weighted by Gasteiger charge is 2.13. The lowest BCUT2D eigenvalue weighted by Crippen LogP contribution is -1.94. The predicted octanol–water partition coefficient (Wildman–Crippen LogP) is 8.12. The fourth-order valence-electron chi connectivity index (χ4n) is 4.08. The van der Waals surface area contributed by atoms with Crippen LogP contribution in [-0.2, 0) is 0 Å². The van der Waals surface area contributed by atoms with E-state index in [1.165, 1.54) is 0 Å². The maximum Gasteiger partial charge on any atom is 0.128 e. The molecule has 0 N–H and O–H groups in total. The van der Waals surface area contributed by atoms with Crippen molar-refractivity contribution in [1.29, 1.82) is 0 Å². The number of pyridine rings is 2. The number of halogens is 1. The molecule has 0 aliphatic carbocycles.